The molecule has 5 rings (SSSR count). The van der Waals surface area contributed by atoms with E-state index in [-0.39, 0.29) is 28.5 Å². The molecule has 0 heterocycles. The summed E-state index contributed by atoms with van der Waals surface area (Å²) >= 11 is 0. The van der Waals surface area contributed by atoms with Gasteiger partial charge in [0.15, 0.2) is 0 Å². The SMILES string of the molecule is CC1(C)CC[C@]2(C)[C@H](CC[C@@]3(C)[C@H]2CC[C@H]2[C@@]4(C)CC[C@H](O)C(C)(C)[C@@H]4CC[C@@]23C)[C@H]1O. The smallest absolute Gasteiger partial charge is 0.0624 e. The molecule has 32 heavy (non-hydrogen) atoms. The molecule has 5 aliphatic carbocycles. The Hall–Kier alpha value is -0.0800. The minimum atomic E-state index is -0.148. The van der Waals surface area contributed by atoms with Crippen LogP contribution in [0.3, 0.4) is 0 Å². The van der Waals surface area contributed by atoms with Gasteiger partial charge in [-0.05, 0) is 120 Å². The summed E-state index contributed by atoms with van der Waals surface area (Å²) in [4.78, 5) is 0. The lowest BCUT2D eigenvalue weighted by molar-refractivity contribution is -0.268. The van der Waals surface area contributed by atoms with Crippen LogP contribution in [0.1, 0.15) is 120 Å². The van der Waals surface area contributed by atoms with Gasteiger partial charge in [-0.15, -0.1) is 0 Å². The quantitative estimate of drug-likeness (QED) is 0.414. The van der Waals surface area contributed by atoms with Crippen molar-refractivity contribution in [3.8, 4) is 0 Å². The van der Waals surface area contributed by atoms with E-state index in [4.69, 9.17) is 0 Å². The van der Waals surface area contributed by atoms with E-state index in [2.05, 4.69) is 55.4 Å². The Balaban J connectivity index is 1.52. The van der Waals surface area contributed by atoms with Crippen molar-refractivity contribution in [3.05, 3.63) is 0 Å². The summed E-state index contributed by atoms with van der Waals surface area (Å²) in [5.74, 6) is 2.62. The zero-order chi connectivity index (χ0) is 23.5. The molecule has 5 aliphatic rings. The lowest BCUT2D eigenvalue weighted by Crippen LogP contribution is -2.68. The van der Waals surface area contributed by atoms with Crippen molar-refractivity contribution >= 4 is 0 Å². The van der Waals surface area contributed by atoms with Gasteiger partial charge in [0.1, 0.15) is 0 Å². The molecule has 0 aliphatic heterocycles. The predicted molar refractivity (Wildman–Crippen MR) is 132 cm³/mol. The van der Waals surface area contributed by atoms with Crippen molar-refractivity contribution in [2.24, 2.45) is 56.2 Å². The Labute approximate surface area is 198 Å². The molecular weight excluding hydrogens is 392 g/mol. The number of rotatable bonds is 0. The maximum atomic E-state index is 11.4. The first-order chi connectivity index (χ1) is 14.6. The van der Waals surface area contributed by atoms with Crippen LogP contribution in [-0.2, 0) is 0 Å². The Kier molecular flexibility index (Phi) is 5.01. The molecule has 10 atom stereocenters. The van der Waals surface area contributed by atoms with Gasteiger partial charge in [0.05, 0.1) is 12.2 Å². The average Bonchev–Trinajstić information content (AvgIpc) is 2.69. The Bertz CT molecular complexity index is 771. The van der Waals surface area contributed by atoms with Crippen molar-refractivity contribution < 1.29 is 10.2 Å². The summed E-state index contributed by atoms with van der Waals surface area (Å²) in [5.41, 5.74) is 1.50. The summed E-state index contributed by atoms with van der Waals surface area (Å²) < 4.78 is 0. The zero-order valence-electron chi connectivity index (χ0n) is 22.4. The van der Waals surface area contributed by atoms with Crippen molar-refractivity contribution in [3.63, 3.8) is 0 Å². The molecule has 2 nitrogen and oxygen atoms in total. The molecule has 0 saturated heterocycles. The molecule has 0 aromatic heterocycles. The Morgan fingerprint density at radius 2 is 1.09 bits per heavy atom. The third-order valence-corrected chi connectivity index (χ3v) is 14.0. The lowest BCUT2D eigenvalue weighted by atomic mass is 9.30. The van der Waals surface area contributed by atoms with Gasteiger partial charge in [0, 0.05) is 0 Å². The fourth-order valence-corrected chi connectivity index (χ4v) is 11.6. The van der Waals surface area contributed by atoms with E-state index in [1.165, 1.54) is 57.8 Å². The minimum Gasteiger partial charge on any atom is -0.393 e. The van der Waals surface area contributed by atoms with E-state index < -0.39 is 0 Å². The summed E-state index contributed by atoms with van der Waals surface area (Å²) in [7, 11) is 0. The van der Waals surface area contributed by atoms with Crippen molar-refractivity contribution in [2.45, 2.75) is 132 Å². The fourth-order valence-electron chi connectivity index (χ4n) is 11.6. The second kappa shape index (κ2) is 6.77. The normalized spacial score (nSPS) is 58.7. The standard InChI is InChI=1S/C30H52O2/c1-25(2)17-18-27(5)19(24(25)32)11-15-29(7)21(27)9-10-22-28(6)14-13-23(31)26(3,4)20(28)12-16-30(22,29)8/h19-24,31-32H,9-18H2,1-8H3/t19-,20+,21+,22+,23+,24-,27-,28+,29+,30+/m1/s1. The lowest BCUT2D eigenvalue weighted by Gasteiger charge is -2.74. The molecular formula is C30H52O2. The largest absolute Gasteiger partial charge is 0.393 e. The highest BCUT2D eigenvalue weighted by atomic mass is 16.3. The molecule has 0 spiro atoms. The van der Waals surface area contributed by atoms with Crippen LogP contribution >= 0.6 is 0 Å². The Morgan fingerprint density at radius 3 is 1.72 bits per heavy atom. The average molecular weight is 445 g/mol. The molecule has 2 N–H and O–H groups in total. The second-order valence-electron chi connectivity index (χ2n) is 15.6. The van der Waals surface area contributed by atoms with Crippen molar-refractivity contribution in [1.82, 2.24) is 0 Å². The molecule has 0 unspecified atom stereocenters. The summed E-state index contributed by atoms with van der Waals surface area (Å²) in [6, 6.07) is 0. The predicted octanol–water partition coefficient (Wildman–Crippen LogP) is 7.22. The minimum absolute atomic E-state index is 0.0365. The van der Waals surface area contributed by atoms with Gasteiger partial charge >= 0.3 is 0 Å². The summed E-state index contributed by atoms with van der Waals surface area (Å²) in [6.45, 7) is 19.9. The van der Waals surface area contributed by atoms with Gasteiger partial charge in [0.25, 0.3) is 0 Å². The highest BCUT2D eigenvalue weighted by Gasteiger charge is 2.70. The van der Waals surface area contributed by atoms with E-state index in [1.807, 2.05) is 0 Å². The molecule has 0 bridgehead atoms. The number of aliphatic hydroxyl groups is 2. The van der Waals surface area contributed by atoms with E-state index in [0.29, 0.717) is 28.1 Å². The van der Waals surface area contributed by atoms with Gasteiger partial charge in [-0.2, -0.15) is 0 Å². The molecule has 2 heteroatoms. The molecule has 5 fully saturated rings. The first-order valence-electron chi connectivity index (χ1n) is 14.0. The number of aliphatic hydroxyl groups excluding tert-OH is 2. The highest BCUT2D eigenvalue weighted by Crippen LogP contribution is 2.77. The maximum Gasteiger partial charge on any atom is 0.0624 e. The fraction of sp³-hybridized carbons (Fsp3) is 1.00. The van der Waals surface area contributed by atoms with E-state index >= 15 is 0 Å². The number of hydrogen-bond donors (Lipinski definition) is 2. The molecule has 0 aromatic rings. The molecule has 0 amide bonds. The second-order valence-corrected chi connectivity index (χ2v) is 15.6. The third-order valence-electron chi connectivity index (χ3n) is 14.0. The summed E-state index contributed by atoms with van der Waals surface area (Å²) in [6.07, 6.45) is 12.2. The van der Waals surface area contributed by atoms with Crippen LogP contribution in [-0.4, -0.2) is 22.4 Å². The third kappa shape index (κ3) is 2.66. The van der Waals surface area contributed by atoms with Crippen LogP contribution < -0.4 is 0 Å². The van der Waals surface area contributed by atoms with E-state index in [0.717, 1.165) is 18.3 Å². The molecule has 0 aromatic carbocycles. The van der Waals surface area contributed by atoms with Crippen LogP contribution in [0.4, 0.5) is 0 Å². The van der Waals surface area contributed by atoms with Gasteiger partial charge in [-0.1, -0.05) is 55.4 Å². The monoisotopic (exact) mass is 444 g/mol. The van der Waals surface area contributed by atoms with Crippen LogP contribution in [0, 0.1) is 56.2 Å². The van der Waals surface area contributed by atoms with E-state index in [1.54, 1.807) is 0 Å². The van der Waals surface area contributed by atoms with Crippen LogP contribution in [0.15, 0.2) is 0 Å². The summed E-state index contributed by atoms with van der Waals surface area (Å²) in [5, 5.41) is 22.3. The zero-order valence-corrected chi connectivity index (χ0v) is 22.4. The first kappa shape index (κ1) is 23.7. The molecule has 184 valence electrons. The first-order valence-corrected chi connectivity index (χ1v) is 14.0. The Morgan fingerprint density at radius 1 is 0.531 bits per heavy atom. The van der Waals surface area contributed by atoms with Crippen molar-refractivity contribution in [1.29, 1.82) is 0 Å². The van der Waals surface area contributed by atoms with Gasteiger partial charge in [-0.25, -0.2) is 0 Å². The van der Waals surface area contributed by atoms with Crippen molar-refractivity contribution in [2.75, 3.05) is 0 Å². The van der Waals surface area contributed by atoms with Crippen LogP contribution in [0.5, 0.6) is 0 Å². The van der Waals surface area contributed by atoms with Crippen LogP contribution in [0.2, 0.25) is 0 Å². The molecule has 0 radical (unpaired) electrons. The van der Waals surface area contributed by atoms with Gasteiger partial charge in [-0.3, -0.25) is 0 Å². The maximum absolute atomic E-state index is 11.4. The van der Waals surface area contributed by atoms with Gasteiger partial charge < -0.3 is 10.2 Å². The van der Waals surface area contributed by atoms with E-state index in [9.17, 15) is 10.2 Å². The highest BCUT2D eigenvalue weighted by molar-refractivity contribution is 5.19. The topological polar surface area (TPSA) is 40.5 Å². The number of fused-ring (bicyclic) bond motifs is 7. The van der Waals surface area contributed by atoms with Crippen LogP contribution in [0.25, 0.3) is 0 Å². The van der Waals surface area contributed by atoms with Gasteiger partial charge in [0.2, 0.25) is 0 Å². The molecule has 5 saturated carbocycles. The number of hydrogen-bond acceptors (Lipinski definition) is 2.